The number of unbranched alkanes of at least 4 members (excludes halogenated alkanes) is 1. The standard InChI is InChI=1S/C10H17N3/c1-2-3-6-10(13-11)9-5-4-7-12-8-9/h4-5,7-8,10,13H,2-3,6,11H2,1H3. The number of hydrogen-bond acceptors (Lipinski definition) is 3. The van der Waals surface area contributed by atoms with Crippen LogP contribution in [0.15, 0.2) is 24.5 Å². The zero-order valence-corrected chi connectivity index (χ0v) is 8.03. The predicted octanol–water partition coefficient (Wildman–Crippen LogP) is 1.78. The number of pyridine rings is 1. The monoisotopic (exact) mass is 179 g/mol. The fourth-order valence-corrected chi connectivity index (χ4v) is 1.34. The highest BCUT2D eigenvalue weighted by Gasteiger charge is 2.07. The smallest absolute Gasteiger partial charge is 0.0475 e. The molecule has 3 N–H and O–H groups in total. The molecule has 0 aliphatic carbocycles. The molecule has 0 bridgehead atoms. The fraction of sp³-hybridized carbons (Fsp3) is 0.500. The van der Waals surface area contributed by atoms with Crippen molar-refractivity contribution in [1.29, 1.82) is 0 Å². The van der Waals surface area contributed by atoms with Gasteiger partial charge in [-0.25, -0.2) is 0 Å². The lowest BCUT2D eigenvalue weighted by atomic mass is 10.0. The summed E-state index contributed by atoms with van der Waals surface area (Å²) in [5.74, 6) is 5.47. The van der Waals surface area contributed by atoms with Crippen molar-refractivity contribution in [3.8, 4) is 0 Å². The molecular weight excluding hydrogens is 162 g/mol. The second-order valence-electron chi connectivity index (χ2n) is 3.15. The second kappa shape index (κ2) is 5.67. The van der Waals surface area contributed by atoms with Crippen molar-refractivity contribution in [3.05, 3.63) is 30.1 Å². The Kier molecular flexibility index (Phi) is 4.43. The Bertz CT molecular complexity index is 223. The first-order valence-corrected chi connectivity index (χ1v) is 4.74. The molecule has 1 aromatic heterocycles. The van der Waals surface area contributed by atoms with Crippen molar-refractivity contribution in [2.75, 3.05) is 0 Å². The topological polar surface area (TPSA) is 50.9 Å². The van der Waals surface area contributed by atoms with Crippen molar-refractivity contribution in [1.82, 2.24) is 10.4 Å². The molecule has 3 heteroatoms. The third-order valence-corrected chi connectivity index (χ3v) is 2.13. The molecule has 0 fully saturated rings. The van der Waals surface area contributed by atoms with E-state index in [1.54, 1.807) is 6.20 Å². The molecule has 0 radical (unpaired) electrons. The van der Waals surface area contributed by atoms with E-state index in [1.807, 2.05) is 18.3 Å². The lowest BCUT2D eigenvalue weighted by molar-refractivity contribution is 0.494. The van der Waals surface area contributed by atoms with Gasteiger partial charge in [-0.3, -0.25) is 16.3 Å². The highest BCUT2D eigenvalue weighted by atomic mass is 15.2. The molecule has 13 heavy (non-hydrogen) atoms. The summed E-state index contributed by atoms with van der Waals surface area (Å²) in [6, 6.07) is 4.23. The van der Waals surface area contributed by atoms with E-state index >= 15 is 0 Å². The summed E-state index contributed by atoms with van der Waals surface area (Å²) in [6.45, 7) is 2.18. The molecule has 1 heterocycles. The van der Waals surface area contributed by atoms with Crippen LogP contribution in [0.2, 0.25) is 0 Å². The summed E-state index contributed by atoms with van der Waals surface area (Å²) in [5.41, 5.74) is 3.98. The van der Waals surface area contributed by atoms with Gasteiger partial charge >= 0.3 is 0 Å². The average molecular weight is 179 g/mol. The molecule has 72 valence electrons. The second-order valence-corrected chi connectivity index (χ2v) is 3.15. The van der Waals surface area contributed by atoms with E-state index in [0.29, 0.717) is 0 Å². The summed E-state index contributed by atoms with van der Waals surface area (Å²) in [5, 5.41) is 0. The average Bonchev–Trinajstić information content (AvgIpc) is 2.21. The SMILES string of the molecule is CCCCC(NN)c1cccnc1. The minimum absolute atomic E-state index is 0.244. The minimum atomic E-state index is 0.244. The molecule has 3 nitrogen and oxygen atoms in total. The molecule has 0 aliphatic heterocycles. The van der Waals surface area contributed by atoms with Crippen molar-refractivity contribution < 1.29 is 0 Å². The van der Waals surface area contributed by atoms with Gasteiger partial charge in [0.15, 0.2) is 0 Å². The van der Waals surface area contributed by atoms with Gasteiger partial charge in [-0.05, 0) is 18.1 Å². The summed E-state index contributed by atoms with van der Waals surface area (Å²) < 4.78 is 0. The van der Waals surface area contributed by atoms with Crippen LogP contribution >= 0.6 is 0 Å². The first-order chi connectivity index (χ1) is 6.38. The van der Waals surface area contributed by atoms with Gasteiger partial charge < -0.3 is 0 Å². The van der Waals surface area contributed by atoms with E-state index in [9.17, 15) is 0 Å². The number of hydrazine groups is 1. The number of nitrogens with two attached hydrogens (primary N) is 1. The van der Waals surface area contributed by atoms with Gasteiger partial charge in [-0.15, -0.1) is 0 Å². The lowest BCUT2D eigenvalue weighted by Gasteiger charge is -2.14. The Morgan fingerprint density at radius 1 is 1.62 bits per heavy atom. The molecule has 1 atom stereocenters. The number of hydrogen-bond donors (Lipinski definition) is 2. The molecule has 1 aromatic rings. The summed E-state index contributed by atoms with van der Waals surface area (Å²) in [7, 11) is 0. The van der Waals surface area contributed by atoms with Crippen LogP contribution in [0.3, 0.4) is 0 Å². The van der Waals surface area contributed by atoms with Crippen molar-refractivity contribution in [2.45, 2.75) is 32.2 Å². The Balaban J connectivity index is 2.56. The van der Waals surface area contributed by atoms with Crippen LogP contribution < -0.4 is 11.3 Å². The van der Waals surface area contributed by atoms with Crippen LogP contribution in [0, 0.1) is 0 Å². The Labute approximate surface area is 79.3 Å². The molecular formula is C10H17N3. The van der Waals surface area contributed by atoms with E-state index in [4.69, 9.17) is 5.84 Å². The van der Waals surface area contributed by atoms with Gasteiger partial charge in [0.2, 0.25) is 0 Å². The predicted molar refractivity (Wildman–Crippen MR) is 53.8 cm³/mol. The minimum Gasteiger partial charge on any atom is -0.271 e. The number of aromatic nitrogens is 1. The zero-order chi connectivity index (χ0) is 9.52. The Morgan fingerprint density at radius 2 is 2.46 bits per heavy atom. The number of rotatable bonds is 5. The van der Waals surface area contributed by atoms with Gasteiger partial charge in [0.05, 0.1) is 0 Å². The quantitative estimate of drug-likeness (QED) is 0.535. The first kappa shape index (κ1) is 10.2. The van der Waals surface area contributed by atoms with Crippen molar-refractivity contribution in [3.63, 3.8) is 0 Å². The van der Waals surface area contributed by atoms with E-state index in [-0.39, 0.29) is 6.04 Å². The van der Waals surface area contributed by atoms with Crippen LogP contribution in [0.4, 0.5) is 0 Å². The lowest BCUT2D eigenvalue weighted by Crippen LogP contribution is -2.27. The summed E-state index contributed by atoms with van der Waals surface area (Å²) in [6.07, 6.45) is 7.08. The molecule has 0 spiro atoms. The molecule has 0 saturated heterocycles. The first-order valence-electron chi connectivity index (χ1n) is 4.74. The molecule has 0 aliphatic rings. The van der Waals surface area contributed by atoms with E-state index in [2.05, 4.69) is 17.3 Å². The normalized spacial score (nSPS) is 12.8. The van der Waals surface area contributed by atoms with Gasteiger partial charge in [-0.1, -0.05) is 25.8 Å². The van der Waals surface area contributed by atoms with Crippen LogP contribution in [0.1, 0.15) is 37.8 Å². The summed E-state index contributed by atoms with van der Waals surface area (Å²) in [4.78, 5) is 4.07. The van der Waals surface area contributed by atoms with Crippen LogP contribution in [0.25, 0.3) is 0 Å². The van der Waals surface area contributed by atoms with Gasteiger partial charge in [-0.2, -0.15) is 0 Å². The molecule has 0 saturated carbocycles. The van der Waals surface area contributed by atoms with E-state index < -0.39 is 0 Å². The highest BCUT2D eigenvalue weighted by Crippen LogP contribution is 2.16. The number of nitrogens with zero attached hydrogens (tertiary/aromatic N) is 1. The van der Waals surface area contributed by atoms with Crippen LogP contribution in [-0.2, 0) is 0 Å². The third kappa shape index (κ3) is 3.13. The van der Waals surface area contributed by atoms with Gasteiger partial charge in [0, 0.05) is 18.4 Å². The molecule has 0 amide bonds. The maximum absolute atomic E-state index is 5.47. The van der Waals surface area contributed by atoms with Crippen molar-refractivity contribution >= 4 is 0 Å². The number of nitrogens with one attached hydrogen (secondary N) is 1. The Hall–Kier alpha value is -0.930. The van der Waals surface area contributed by atoms with E-state index in [0.717, 1.165) is 6.42 Å². The molecule has 1 rings (SSSR count). The van der Waals surface area contributed by atoms with Crippen LogP contribution in [0.5, 0.6) is 0 Å². The Morgan fingerprint density at radius 3 is 3.00 bits per heavy atom. The maximum atomic E-state index is 5.47. The van der Waals surface area contributed by atoms with Gasteiger partial charge in [0.25, 0.3) is 0 Å². The highest BCUT2D eigenvalue weighted by molar-refractivity contribution is 5.13. The van der Waals surface area contributed by atoms with Gasteiger partial charge in [0.1, 0.15) is 0 Å². The maximum Gasteiger partial charge on any atom is 0.0475 e. The third-order valence-electron chi connectivity index (χ3n) is 2.13. The van der Waals surface area contributed by atoms with E-state index in [1.165, 1.54) is 18.4 Å². The fourth-order valence-electron chi connectivity index (χ4n) is 1.34. The largest absolute Gasteiger partial charge is 0.271 e. The zero-order valence-electron chi connectivity index (χ0n) is 8.03. The van der Waals surface area contributed by atoms with Crippen LogP contribution in [-0.4, -0.2) is 4.98 Å². The molecule has 1 unspecified atom stereocenters. The molecule has 0 aromatic carbocycles. The van der Waals surface area contributed by atoms with Crippen molar-refractivity contribution in [2.24, 2.45) is 5.84 Å². The summed E-state index contributed by atoms with van der Waals surface area (Å²) >= 11 is 0.